The number of aliphatic hydroxyl groups is 3. The molecule has 0 heterocycles. The van der Waals surface area contributed by atoms with Crippen LogP contribution >= 0.6 is 0 Å². The van der Waals surface area contributed by atoms with Crippen LogP contribution in [0.1, 0.15) is 44.9 Å². The van der Waals surface area contributed by atoms with E-state index in [1.807, 2.05) is 4.90 Å². The standard InChI is InChI=1S/C19H35NO4/c21-4-2-20(3-5-22)13-18(23)14-24-6-1-19-10-15-7-16(11-19)9-17(8-15)12-19/h15-18,21-23H,1-14H2/t15?,16?,17?,18-,19?/m0/s1. The van der Waals surface area contributed by atoms with Crippen LogP contribution in [0.25, 0.3) is 0 Å². The third-order valence-electron chi connectivity index (χ3n) is 6.55. The Bertz CT molecular complexity index is 348. The maximum atomic E-state index is 10.1. The Balaban J connectivity index is 1.35. The molecule has 4 rings (SSSR count). The fourth-order valence-electron chi connectivity index (χ4n) is 6.03. The van der Waals surface area contributed by atoms with Gasteiger partial charge in [-0.1, -0.05) is 0 Å². The SMILES string of the molecule is OCCN(CCO)C[C@H](O)COCCC12CC3CC(CC(C3)C1)C2. The number of aliphatic hydroxyl groups excluding tert-OH is 3. The molecule has 0 amide bonds. The van der Waals surface area contributed by atoms with Crippen molar-refractivity contribution in [2.75, 3.05) is 46.1 Å². The second-order valence-corrected chi connectivity index (χ2v) is 8.64. The summed E-state index contributed by atoms with van der Waals surface area (Å²) in [6.45, 7) is 2.58. The molecule has 24 heavy (non-hydrogen) atoms. The highest BCUT2D eigenvalue weighted by molar-refractivity contribution is 5.01. The molecule has 0 radical (unpaired) electrons. The quantitative estimate of drug-likeness (QED) is 0.494. The smallest absolute Gasteiger partial charge is 0.0900 e. The molecule has 3 N–H and O–H groups in total. The van der Waals surface area contributed by atoms with E-state index in [9.17, 15) is 5.11 Å². The molecular formula is C19H35NO4. The number of ether oxygens (including phenoxy) is 1. The van der Waals surface area contributed by atoms with Crippen LogP contribution in [0.15, 0.2) is 0 Å². The highest BCUT2D eigenvalue weighted by atomic mass is 16.5. The van der Waals surface area contributed by atoms with Crippen molar-refractivity contribution < 1.29 is 20.1 Å². The van der Waals surface area contributed by atoms with Gasteiger partial charge in [-0.3, -0.25) is 4.90 Å². The molecule has 0 aromatic carbocycles. The molecule has 1 atom stereocenters. The maximum Gasteiger partial charge on any atom is 0.0900 e. The summed E-state index contributed by atoms with van der Waals surface area (Å²) in [5.41, 5.74) is 0.541. The van der Waals surface area contributed by atoms with Crippen LogP contribution in [-0.4, -0.2) is 72.4 Å². The summed E-state index contributed by atoms with van der Waals surface area (Å²) in [6.07, 6.45) is 9.25. The molecule has 4 aliphatic carbocycles. The normalized spacial score (nSPS) is 35.8. The van der Waals surface area contributed by atoms with Crippen LogP contribution in [0.4, 0.5) is 0 Å². The van der Waals surface area contributed by atoms with Gasteiger partial charge in [-0.2, -0.15) is 0 Å². The van der Waals surface area contributed by atoms with E-state index in [1.54, 1.807) is 0 Å². The lowest BCUT2D eigenvalue weighted by atomic mass is 9.49. The summed E-state index contributed by atoms with van der Waals surface area (Å²) in [5, 5.41) is 28.1. The first-order chi connectivity index (χ1) is 11.6. The number of nitrogens with zero attached hydrogens (tertiary/aromatic N) is 1. The monoisotopic (exact) mass is 341 g/mol. The summed E-state index contributed by atoms with van der Waals surface area (Å²) in [5.74, 6) is 2.94. The zero-order valence-electron chi connectivity index (χ0n) is 14.9. The van der Waals surface area contributed by atoms with Gasteiger partial charge in [0.05, 0.1) is 25.9 Å². The van der Waals surface area contributed by atoms with Crippen LogP contribution in [0, 0.1) is 23.2 Å². The number of hydrogen-bond acceptors (Lipinski definition) is 5. The fourth-order valence-corrected chi connectivity index (χ4v) is 6.03. The summed E-state index contributed by atoms with van der Waals surface area (Å²) >= 11 is 0. The second kappa shape index (κ2) is 8.45. The molecule has 0 spiro atoms. The van der Waals surface area contributed by atoms with Crippen molar-refractivity contribution in [3.63, 3.8) is 0 Å². The molecule has 4 saturated carbocycles. The summed E-state index contributed by atoms with van der Waals surface area (Å²) < 4.78 is 5.79. The van der Waals surface area contributed by atoms with E-state index in [4.69, 9.17) is 14.9 Å². The zero-order chi connectivity index (χ0) is 17.0. The van der Waals surface area contributed by atoms with Gasteiger partial charge in [0.25, 0.3) is 0 Å². The topological polar surface area (TPSA) is 73.2 Å². The van der Waals surface area contributed by atoms with Crippen molar-refractivity contribution >= 4 is 0 Å². The van der Waals surface area contributed by atoms with E-state index < -0.39 is 6.10 Å². The van der Waals surface area contributed by atoms with E-state index in [0.29, 0.717) is 31.7 Å². The van der Waals surface area contributed by atoms with Gasteiger partial charge in [-0.25, -0.2) is 0 Å². The summed E-state index contributed by atoms with van der Waals surface area (Å²) in [4.78, 5) is 1.87. The highest BCUT2D eigenvalue weighted by Crippen LogP contribution is 2.61. The minimum absolute atomic E-state index is 0.0413. The first-order valence-electron chi connectivity index (χ1n) is 9.82. The van der Waals surface area contributed by atoms with Crippen molar-refractivity contribution in [2.24, 2.45) is 23.2 Å². The number of rotatable bonds is 11. The zero-order valence-corrected chi connectivity index (χ0v) is 14.9. The Kier molecular flexibility index (Phi) is 6.55. The molecule has 5 nitrogen and oxygen atoms in total. The molecule has 0 unspecified atom stereocenters. The van der Waals surface area contributed by atoms with Gasteiger partial charge < -0.3 is 20.1 Å². The Labute approximate surface area is 146 Å². The third-order valence-corrected chi connectivity index (χ3v) is 6.55. The highest BCUT2D eigenvalue weighted by Gasteiger charge is 2.50. The lowest BCUT2D eigenvalue weighted by Crippen LogP contribution is -2.46. The third kappa shape index (κ3) is 4.70. The lowest BCUT2D eigenvalue weighted by Gasteiger charge is -2.57. The Morgan fingerprint density at radius 3 is 2.00 bits per heavy atom. The molecule has 0 aromatic heterocycles. The van der Waals surface area contributed by atoms with E-state index in [1.165, 1.54) is 38.5 Å². The van der Waals surface area contributed by atoms with Crippen LogP contribution in [0.5, 0.6) is 0 Å². The summed E-state index contributed by atoms with van der Waals surface area (Å²) in [6, 6.07) is 0. The molecule has 0 saturated heterocycles. The predicted molar refractivity (Wildman–Crippen MR) is 92.7 cm³/mol. The first-order valence-corrected chi connectivity index (χ1v) is 9.82. The lowest BCUT2D eigenvalue weighted by molar-refractivity contribution is -0.0742. The Hall–Kier alpha value is -0.200. The number of hydrogen-bond donors (Lipinski definition) is 3. The van der Waals surface area contributed by atoms with Gasteiger partial charge in [-0.15, -0.1) is 0 Å². The molecule has 4 bridgehead atoms. The van der Waals surface area contributed by atoms with Crippen LogP contribution in [-0.2, 0) is 4.74 Å². The summed E-state index contributed by atoms with van der Waals surface area (Å²) in [7, 11) is 0. The minimum atomic E-state index is -0.556. The van der Waals surface area contributed by atoms with Crippen molar-refractivity contribution in [3.8, 4) is 0 Å². The molecule has 0 aromatic rings. The molecular weight excluding hydrogens is 306 g/mol. The van der Waals surface area contributed by atoms with E-state index >= 15 is 0 Å². The first kappa shape index (κ1) is 18.6. The van der Waals surface area contributed by atoms with Crippen molar-refractivity contribution in [3.05, 3.63) is 0 Å². The van der Waals surface area contributed by atoms with E-state index in [0.717, 1.165) is 30.8 Å². The van der Waals surface area contributed by atoms with Gasteiger partial charge in [0.1, 0.15) is 0 Å². The molecule has 4 fully saturated rings. The van der Waals surface area contributed by atoms with Crippen molar-refractivity contribution in [1.29, 1.82) is 0 Å². The molecule has 5 heteroatoms. The fraction of sp³-hybridized carbons (Fsp3) is 1.00. The van der Waals surface area contributed by atoms with E-state index in [-0.39, 0.29) is 13.2 Å². The van der Waals surface area contributed by atoms with Crippen LogP contribution < -0.4 is 0 Å². The van der Waals surface area contributed by atoms with Crippen molar-refractivity contribution in [2.45, 2.75) is 51.0 Å². The van der Waals surface area contributed by atoms with Gasteiger partial charge in [0.2, 0.25) is 0 Å². The average Bonchev–Trinajstić information content (AvgIpc) is 2.51. The largest absolute Gasteiger partial charge is 0.395 e. The Morgan fingerprint density at radius 2 is 1.50 bits per heavy atom. The Morgan fingerprint density at radius 1 is 0.958 bits per heavy atom. The molecule has 140 valence electrons. The van der Waals surface area contributed by atoms with Crippen LogP contribution in [0.2, 0.25) is 0 Å². The average molecular weight is 341 g/mol. The molecule has 0 aliphatic heterocycles. The minimum Gasteiger partial charge on any atom is -0.395 e. The predicted octanol–water partition coefficient (Wildman–Crippen LogP) is 1.26. The van der Waals surface area contributed by atoms with Gasteiger partial charge in [-0.05, 0) is 68.1 Å². The van der Waals surface area contributed by atoms with E-state index in [2.05, 4.69) is 0 Å². The molecule has 4 aliphatic rings. The maximum absolute atomic E-state index is 10.1. The van der Waals surface area contributed by atoms with Gasteiger partial charge >= 0.3 is 0 Å². The van der Waals surface area contributed by atoms with Crippen molar-refractivity contribution in [1.82, 2.24) is 4.90 Å². The van der Waals surface area contributed by atoms with Crippen LogP contribution in [0.3, 0.4) is 0 Å². The second-order valence-electron chi connectivity index (χ2n) is 8.64. The van der Waals surface area contributed by atoms with Gasteiger partial charge in [0, 0.05) is 26.2 Å². The van der Waals surface area contributed by atoms with Gasteiger partial charge in [0.15, 0.2) is 0 Å².